The molecule has 1 aliphatic carbocycles. The number of hydrogen-bond acceptors (Lipinski definition) is 2. The molecule has 1 aromatic carbocycles. The normalized spacial score (nSPS) is 17.1. The van der Waals surface area contributed by atoms with Crippen molar-refractivity contribution in [3.05, 3.63) is 34.3 Å². The van der Waals surface area contributed by atoms with Gasteiger partial charge in [0.05, 0.1) is 18.6 Å². The van der Waals surface area contributed by atoms with Crippen molar-refractivity contribution in [2.75, 3.05) is 7.11 Å². The van der Waals surface area contributed by atoms with Crippen molar-refractivity contribution in [1.82, 2.24) is 0 Å². The first-order valence-corrected chi connectivity index (χ1v) is 6.17. The van der Waals surface area contributed by atoms with Crippen LogP contribution in [0.1, 0.15) is 29.9 Å². The van der Waals surface area contributed by atoms with Gasteiger partial charge in [-0.25, -0.2) is 0 Å². The highest BCUT2D eigenvalue weighted by Crippen LogP contribution is 2.46. The Morgan fingerprint density at radius 3 is 2.47 bits per heavy atom. The van der Waals surface area contributed by atoms with Crippen LogP contribution in [0.5, 0.6) is 0 Å². The molecule has 0 spiro atoms. The number of halogens is 4. The summed E-state index contributed by atoms with van der Waals surface area (Å²) in [6.07, 6.45) is -2.73. The van der Waals surface area contributed by atoms with E-state index in [2.05, 4.69) is 0 Å². The Bertz CT molecular complexity index is 495. The van der Waals surface area contributed by atoms with Gasteiger partial charge in [0.15, 0.2) is 0 Å². The second-order valence-corrected chi connectivity index (χ2v) is 4.98. The fourth-order valence-corrected chi connectivity index (χ4v) is 2.38. The molecule has 0 saturated heterocycles. The van der Waals surface area contributed by atoms with Gasteiger partial charge in [0, 0.05) is 5.02 Å². The smallest absolute Gasteiger partial charge is 0.416 e. The lowest BCUT2D eigenvalue weighted by molar-refractivity contribution is -0.143. The number of alkyl halides is 3. The fraction of sp³-hybridized carbons (Fsp3) is 0.462. The molecule has 0 amide bonds. The second kappa shape index (κ2) is 5.04. The Morgan fingerprint density at radius 1 is 1.42 bits per heavy atom. The Balaban J connectivity index is 2.36. The lowest BCUT2D eigenvalue weighted by atomic mass is 9.93. The molecular weight excluding hydrogens is 281 g/mol. The summed E-state index contributed by atoms with van der Waals surface area (Å²) in [5.74, 6) is -0.911. The summed E-state index contributed by atoms with van der Waals surface area (Å²) in [6.45, 7) is 0. The van der Waals surface area contributed by atoms with Gasteiger partial charge in [0.1, 0.15) is 0 Å². The van der Waals surface area contributed by atoms with Gasteiger partial charge in [-0.3, -0.25) is 4.79 Å². The van der Waals surface area contributed by atoms with Gasteiger partial charge < -0.3 is 4.74 Å². The van der Waals surface area contributed by atoms with Gasteiger partial charge in [0.25, 0.3) is 0 Å². The first kappa shape index (κ1) is 14.2. The second-order valence-electron chi connectivity index (χ2n) is 4.57. The average Bonchev–Trinajstić information content (AvgIpc) is 3.14. The van der Waals surface area contributed by atoms with Crippen LogP contribution in [0, 0.1) is 5.92 Å². The predicted molar refractivity (Wildman–Crippen MR) is 63.9 cm³/mol. The van der Waals surface area contributed by atoms with Crippen LogP contribution in [-0.4, -0.2) is 13.1 Å². The van der Waals surface area contributed by atoms with Crippen molar-refractivity contribution < 1.29 is 22.7 Å². The van der Waals surface area contributed by atoms with Crippen LogP contribution in [0.3, 0.4) is 0 Å². The van der Waals surface area contributed by atoms with E-state index in [4.69, 9.17) is 16.3 Å². The topological polar surface area (TPSA) is 26.3 Å². The summed E-state index contributed by atoms with van der Waals surface area (Å²) in [6, 6.07) is 3.07. The highest BCUT2D eigenvalue weighted by atomic mass is 35.5. The molecule has 2 rings (SSSR count). The molecule has 0 N–H and O–H groups in total. The van der Waals surface area contributed by atoms with Crippen LogP contribution >= 0.6 is 11.6 Å². The van der Waals surface area contributed by atoms with E-state index in [1.165, 1.54) is 13.2 Å². The Hall–Kier alpha value is -1.23. The largest absolute Gasteiger partial charge is 0.469 e. The first-order chi connectivity index (χ1) is 8.84. The molecule has 1 saturated carbocycles. The molecule has 2 nitrogen and oxygen atoms in total. The Kier molecular flexibility index (Phi) is 3.76. The molecule has 1 unspecified atom stereocenters. The maximum absolute atomic E-state index is 12.5. The lowest BCUT2D eigenvalue weighted by Gasteiger charge is -2.17. The van der Waals surface area contributed by atoms with Crippen molar-refractivity contribution in [2.24, 2.45) is 5.92 Å². The number of hydrogen-bond donors (Lipinski definition) is 0. The summed E-state index contributed by atoms with van der Waals surface area (Å²) < 4.78 is 42.3. The summed E-state index contributed by atoms with van der Waals surface area (Å²) in [5, 5.41) is -0.0443. The summed E-state index contributed by atoms with van der Waals surface area (Å²) >= 11 is 5.90. The zero-order valence-corrected chi connectivity index (χ0v) is 10.9. The minimum absolute atomic E-state index is 0.0443. The van der Waals surface area contributed by atoms with E-state index in [1.54, 1.807) is 0 Å². The molecule has 1 aliphatic rings. The van der Waals surface area contributed by atoms with Crippen molar-refractivity contribution in [3.8, 4) is 0 Å². The van der Waals surface area contributed by atoms with Crippen molar-refractivity contribution >= 4 is 17.6 Å². The van der Waals surface area contributed by atoms with Crippen LogP contribution in [0.4, 0.5) is 13.2 Å². The quantitative estimate of drug-likeness (QED) is 0.786. The fourth-order valence-electron chi connectivity index (χ4n) is 2.09. The molecule has 1 aromatic rings. The van der Waals surface area contributed by atoms with E-state index in [-0.39, 0.29) is 10.9 Å². The van der Waals surface area contributed by atoms with Gasteiger partial charge in [-0.15, -0.1) is 0 Å². The molecule has 104 valence electrons. The monoisotopic (exact) mass is 292 g/mol. The first-order valence-electron chi connectivity index (χ1n) is 5.79. The van der Waals surface area contributed by atoms with Gasteiger partial charge >= 0.3 is 12.1 Å². The van der Waals surface area contributed by atoms with Gasteiger partial charge in [-0.1, -0.05) is 17.7 Å². The number of methoxy groups -OCH3 is 1. The molecule has 6 heteroatoms. The van der Waals surface area contributed by atoms with Crippen LogP contribution in [0.15, 0.2) is 18.2 Å². The molecule has 1 atom stereocenters. The van der Waals surface area contributed by atoms with Crippen molar-refractivity contribution in [2.45, 2.75) is 24.9 Å². The predicted octanol–water partition coefficient (Wildman–Crippen LogP) is 4.03. The van der Waals surface area contributed by atoms with Crippen LogP contribution in [0.25, 0.3) is 0 Å². The highest BCUT2D eigenvalue weighted by molar-refractivity contribution is 6.31. The molecule has 19 heavy (non-hydrogen) atoms. The van der Waals surface area contributed by atoms with Gasteiger partial charge in [-0.2, -0.15) is 13.2 Å². The lowest BCUT2D eigenvalue weighted by Crippen LogP contribution is -2.17. The molecule has 0 aliphatic heterocycles. The van der Waals surface area contributed by atoms with E-state index in [9.17, 15) is 18.0 Å². The van der Waals surface area contributed by atoms with Crippen LogP contribution in [0.2, 0.25) is 5.02 Å². The molecular formula is C13H12ClF3O2. The maximum atomic E-state index is 12.5. The van der Waals surface area contributed by atoms with E-state index < -0.39 is 23.6 Å². The number of rotatable bonds is 3. The minimum Gasteiger partial charge on any atom is -0.469 e. The molecule has 0 heterocycles. The van der Waals surface area contributed by atoms with Crippen molar-refractivity contribution in [3.63, 3.8) is 0 Å². The number of carbonyl (C=O) groups is 1. The zero-order valence-electron chi connectivity index (χ0n) is 10.1. The SMILES string of the molecule is COC(=O)C(c1ccc(C(F)(F)F)cc1Cl)C1CC1. The van der Waals surface area contributed by atoms with Gasteiger partial charge in [-0.05, 0) is 36.5 Å². The average molecular weight is 293 g/mol. The zero-order chi connectivity index (χ0) is 14.2. The number of carbonyl (C=O) groups excluding carboxylic acids is 1. The standard InChI is InChI=1S/C13H12ClF3O2/c1-19-12(18)11(7-2-3-7)9-5-4-8(6-10(9)14)13(15,16)17/h4-7,11H,2-3H2,1H3. The number of ether oxygens (including phenoxy) is 1. The molecule has 1 fully saturated rings. The number of esters is 1. The molecule has 0 aromatic heterocycles. The highest BCUT2D eigenvalue weighted by Gasteiger charge is 2.40. The third kappa shape index (κ3) is 3.03. The summed E-state index contributed by atoms with van der Waals surface area (Å²) in [5.41, 5.74) is -0.412. The Morgan fingerprint density at radius 2 is 2.05 bits per heavy atom. The summed E-state index contributed by atoms with van der Waals surface area (Å²) in [7, 11) is 1.26. The Labute approximate surface area is 113 Å². The van der Waals surface area contributed by atoms with Crippen molar-refractivity contribution in [1.29, 1.82) is 0 Å². The third-order valence-electron chi connectivity index (χ3n) is 3.21. The van der Waals surface area contributed by atoms with E-state index in [1.807, 2.05) is 0 Å². The van der Waals surface area contributed by atoms with Gasteiger partial charge in [0.2, 0.25) is 0 Å². The van der Waals surface area contributed by atoms with E-state index in [0.717, 1.165) is 25.0 Å². The molecule has 0 bridgehead atoms. The number of benzene rings is 1. The maximum Gasteiger partial charge on any atom is 0.416 e. The van der Waals surface area contributed by atoms with E-state index >= 15 is 0 Å². The minimum atomic E-state index is -4.44. The third-order valence-corrected chi connectivity index (χ3v) is 3.54. The summed E-state index contributed by atoms with van der Waals surface area (Å²) in [4.78, 5) is 11.7. The van der Waals surface area contributed by atoms with Crippen LogP contribution < -0.4 is 0 Å². The van der Waals surface area contributed by atoms with Crippen LogP contribution in [-0.2, 0) is 15.7 Å². The molecule has 0 radical (unpaired) electrons. The van der Waals surface area contributed by atoms with E-state index in [0.29, 0.717) is 5.56 Å².